The molecule has 0 radical (unpaired) electrons. The molecule has 2 N–H and O–H groups in total. The molecule has 1 aromatic rings. The van der Waals surface area contributed by atoms with Gasteiger partial charge in [-0.3, -0.25) is 0 Å². The van der Waals surface area contributed by atoms with Crippen LogP contribution in [0.4, 0.5) is 0 Å². The van der Waals surface area contributed by atoms with E-state index in [9.17, 15) is 0 Å². The zero-order chi connectivity index (χ0) is 10.7. The van der Waals surface area contributed by atoms with Crippen LogP contribution in [0.3, 0.4) is 0 Å². The second-order valence-electron chi connectivity index (χ2n) is 4.62. The highest BCUT2D eigenvalue weighted by Gasteiger charge is 2.33. The van der Waals surface area contributed by atoms with Crippen molar-refractivity contribution in [2.75, 3.05) is 26.7 Å². The summed E-state index contributed by atoms with van der Waals surface area (Å²) in [6.07, 6.45) is 3.72. The molecule has 1 aromatic heterocycles. The Hall–Kier alpha value is -0.380. The molecule has 1 aliphatic heterocycles. The number of nitrogens with two attached hydrogens (primary N) is 1. The third kappa shape index (κ3) is 2.25. The van der Waals surface area contributed by atoms with Crippen molar-refractivity contribution in [3.8, 4) is 0 Å². The summed E-state index contributed by atoms with van der Waals surface area (Å²) in [4.78, 5) is 3.91. The Morgan fingerprint density at radius 2 is 2.33 bits per heavy atom. The summed E-state index contributed by atoms with van der Waals surface area (Å²) in [5, 5.41) is 2.17. The van der Waals surface area contributed by atoms with E-state index in [1.807, 2.05) is 11.3 Å². The SMILES string of the molecule is CN1CCCC(CN)(c2cccs2)CC1. The smallest absolute Gasteiger partial charge is 0.0182 e. The minimum absolute atomic E-state index is 0.263. The number of rotatable bonds is 2. The fourth-order valence-corrected chi connectivity index (χ4v) is 3.46. The Kier molecular flexibility index (Phi) is 3.44. The number of nitrogens with zero attached hydrogens (tertiary/aromatic N) is 1. The molecule has 0 aromatic carbocycles. The summed E-state index contributed by atoms with van der Waals surface area (Å²) < 4.78 is 0. The number of thiophene rings is 1. The maximum atomic E-state index is 6.03. The Bertz CT molecular complexity index is 297. The summed E-state index contributed by atoms with van der Waals surface area (Å²) in [6, 6.07) is 4.40. The Morgan fingerprint density at radius 1 is 1.47 bits per heavy atom. The molecule has 0 amide bonds. The second-order valence-corrected chi connectivity index (χ2v) is 5.57. The quantitative estimate of drug-likeness (QED) is 0.833. The first-order valence-corrected chi connectivity index (χ1v) is 6.57. The van der Waals surface area contributed by atoms with E-state index < -0.39 is 0 Å². The van der Waals surface area contributed by atoms with Crippen molar-refractivity contribution in [3.63, 3.8) is 0 Å². The minimum Gasteiger partial charge on any atom is -0.330 e. The zero-order valence-electron chi connectivity index (χ0n) is 9.41. The summed E-state index contributed by atoms with van der Waals surface area (Å²) >= 11 is 1.86. The molecule has 2 rings (SSSR count). The number of likely N-dealkylation sites (tertiary alicyclic amines) is 1. The van der Waals surface area contributed by atoms with Gasteiger partial charge in [0, 0.05) is 16.8 Å². The standard InChI is InChI=1S/C12H20N2S/c1-14-7-3-5-12(10-13,6-8-14)11-4-2-9-15-11/h2,4,9H,3,5-8,10,13H2,1H3. The van der Waals surface area contributed by atoms with E-state index in [4.69, 9.17) is 5.73 Å². The lowest BCUT2D eigenvalue weighted by molar-refractivity contribution is 0.331. The van der Waals surface area contributed by atoms with Crippen LogP contribution in [0.2, 0.25) is 0 Å². The van der Waals surface area contributed by atoms with Gasteiger partial charge in [0.25, 0.3) is 0 Å². The first-order valence-electron chi connectivity index (χ1n) is 5.69. The molecule has 1 saturated heterocycles. The number of hydrogen-bond acceptors (Lipinski definition) is 3. The average molecular weight is 224 g/mol. The van der Waals surface area contributed by atoms with Crippen LogP contribution in [-0.2, 0) is 5.41 Å². The topological polar surface area (TPSA) is 29.3 Å². The molecule has 3 heteroatoms. The van der Waals surface area contributed by atoms with Crippen molar-refractivity contribution in [2.24, 2.45) is 5.73 Å². The molecule has 1 fully saturated rings. The molecule has 0 bridgehead atoms. The van der Waals surface area contributed by atoms with Gasteiger partial charge in [-0.05, 0) is 50.8 Å². The lowest BCUT2D eigenvalue weighted by Crippen LogP contribution is -2.35. The van der Waals surface area contributed by atoms with Crippen LogP contribution in [0.15, 0.2) is 17.5 Å². The van der Waals surface area contributed by atoms with Crippen molar-refractivity contribution in [1.82, 2.24) is 4.90 Å². The van der Waals surface area contributed by atoms with Crippen LogP contribution in [-0.4, -0.2) is 31.6 Å². The van der Waals surface area contributed by atoms with Gasteiger partial charge >= 0.3 is 0 Å². The van der Waals surface area contributed by atoms with Gasteiger partial charge in [-0.1, -0.05) is 6.07 Å². The van der Waals surface area contributed by atoms with E-state index in [2.05, 4.69) is 29.5 Å². The molecule has 2 heterocycles. The molecule has 0 spiro atoms. The van der Waals surface area contributed by atoms with Gasteiger partial charge in [0.1, 0.15) is 0 Å². The van der Waals surface area contributed by atoms with Gasteiger partial charge in [-0.15, -0.1) is 11.3 Å². The largest absolute Gasteiger partial charge is 0.330 e. The highest BCUT2D eigenvalue weighted by molar-refractivity contribution is 7.10. The van der Waals surface area contributed by atoms with E-state index in [0.717, 1.165) is 6.54 Å². The first-order chi connectivity index (χ1) is 7.27. The van der Waals surface area contributed by atoms with Gasteiger partial charge in [0.2, 0.25) is 0 Å². The van der Waals surface area contributed by atoms with E-state index in [1.165, 1.54) is 37.2 Å². The monoisotopic (exact) mass is 224 g/mol. The van der Waals surface area contributed by atoms with Crippen molar-refractivity contribution in [2.45, 2.75) is 24.7 Å². The predicted octanol–water partition coefficient (Wildman–Crippen LogP) is 2.06. The van der Waals surface area contributed by atoms with Crippen LogP contribution >= 0.6 is 11.3 Å². The number of hydrogen-bond donors (Lipinski definition) is 1. The molecular formula is C12H20N2S. The Morgan fingerprint density at radius 3 is 3.00 bits per heavy atom. The normalized spacial score (nSPS) is 28.9. The maximum absolute atomic E-state index is 6.03. The van der Waals surface area contributed by atoms with E-state index >= 15 is 0 Å². The molecule has 2 nitrogen and oxygen atoms in total. The molecule has 0 saturated carbocycles. The van der Waals surface area contributed by atoms with Crippen molar-refractivity contribution in [3.05, 3.63) is 22.4 Å². The lowest BCUT2D eigenvalue weighted by Gasteiger charge is -2.30. The van der Waals surface area contributed by atoms with Crippen molar-refractivity contribution < 1.29 is 0 Å². The van der Waals surface area contributed by atoms with Crippen LogP contribution in [0.25, 0.3) is 0 Å². The molecular weight excluding hydrogens is 204 g/mol. The summed E-state index contributed by atoms with van der Waals surface area (Å²) in [7, 11) is 2.21. The molecule has 84 valence electrons. The van der Waals surface area contributed by atoms with Crippen molar-refractivity contribution in [1.29, 1.82) is 0 Å². The maximum Gasteiger partial charge on any atom is 0.0182 e. The Balaban J connectivity index is 2.21. The summed E-state index contributed by atoms with van der Waals surface area (Å²) in [5.74, 6) is 0. The molecule has 15 heavy (non-hydrogen) atoms. The van der Waals surface area contributed by atoms with Crippen LogP contribution in [0, 0.1) is 0 Å². The highest BCUT2D eigenvalue weighted by atomic mass is 32.1. The third-order valence-corrected chi connectivity index (χ3v) is 4.72. The van der Waals surface area contributed by atoms with Gasteiger partial charge in [-0.2, -0.15) is 0 Å². The summed E-state index contributed by atoms with van der Waals surface area (Å²) in [6.45, 7) is 3.18. The van der Waals surface area contributed by atoms with E-state index in [1.54, 1.807) is 0 Å². The van der Waals surface area contributed by atoms with Gasteiger partial charge in [0.15, 0.2) is 0 Å². The zero-order valence-corrected chi connectivity index (χ0v) is 10.2. The molecule has 1 unspecified atom stereocenters. The minimum atomic E-state index is 0.263. The van der Waals surface area contributed by atoms with Gasteiger partial charge in [0.05, 0.1) is 0 Å². The van der Waals surface area contributed by atoms with Gasteiger partial charge < -0.3 is 10.6 Å². The van der Waals surface area contributed by atoms with Crippen LogP contribution in [0.1, 0.15) is 24.1 Å². The van der Waals surface area contributed by atoms with Crippen LogP contribution in [0.5, 0.6) is 0 Å². The van der Waals surface area contributed by atoms with Crippen LogP contribution < -0.4 is 5.73 Å². The lowest BCUT2D eigenvalue weighted by atomic mass is 9.79. The van der Waals surface area contributed by atoms with Crippen molar-refractivity contribution >= 4 is 11.3 Å². The third-order valence-electron chi connectivity index (χ3n) is 3.60. The van der Waals surface area contributed by atoms with E-state index in [-0.39, 0.29) is 5.41 Å². The highest BCUT2D eigenvalue weighted by Crippen LogP contribution is 2.36. The average Bonchev–Trinajstić information content (AvgIpc) is 2.71. The first kappa shape index (κ1) is 11.1. The predicted molar refractivity (Wildman–Crippen MR) is 66.4 cm³/mol. The summed E-state index contributed by atoms with van der Waals surface area (Å²) in [5.41, 5.74) is 6.30. The molecule has 0 aliphatic carbocycles. The second kappa shape index (κ2) is 4.64. The fourth-order valence-electron chi connectivity index (χ4n) is 2.46. The Labute approximate surface area is 96.1 Å². The van der Waals surface area contributed by atoms with Gasteiger partial charge in [-0.25, -0.2) is 0 Å². The van der Waals surface area contributed by atoms with E-state index in [0.29, 0.717) is 0 Å². The molecule has 1 atom stereocenters. The molecule has 1 aliphatic rings. The fraction of sp³-hybridized carbons (Fsp3) is 0.667.